The third-order valence-corrected chi connectivity index (χ3v) is 3.73. The zero-order valence-corrected chi connectivity index (χ0v) is 13.2. The molecule has 0 N–H and O–H groups in total. The molecule has 0 amide bonds. The van der Waals surface area contributed by atoms with Gasteiger partial charge in [-0.15, -0.1) is 0 Å². The number of hydrogen-bond donors (Lipinski definition) is 0. The summed E-state index contributed by atoms with van der Waals surface area (Å²) in [6.07, 6.45) is 3.00. The van der Waals surface area contributed by atoms with Crippen LogP contribution in [-0.4, -0.2) is 4.98 Å². The van der Waals surface area contributed by atoms with Crippen LogP contribution in [-0.2, 0) is 6.42 Å². The summed E-state index contributed by atoms with van der Waals surface area (Å²) in [4.78, 5) is 4.56. The van der Waals surface area contributed by atoms with Crippen LogP contribution in [0.5, 0.6) is 0 Å². The average molecular weight is 287 g/mol. The minimum atomic E-state index is 0.666. The van der Waals surface area contributed by atoms with Gasteiger partial charge in [0.2, 0.25) is 0 Å². The largest absolute Gasteiger partial charge is 0.256 e. The van der Waals surface area contributed by atoms with Crippen LogP contribution in [0, 0.1) is 5.92 Å². The molecule has 0 fully saturated rings. The van der Waals surface area contributed by atoms with E-state index in [1.165, 1.54) is 22.3 Å². The van der Waals surface area contributed by atoms with Crippen molar-refractivity contribution in [1.82, 2.24) is 4.98 Å². The van der Waals surface area contributed by atoms with Gasteiger partial charge in [0.15, 0.2) is 0 Å². The summed E-state index contributed by atoms with van der Waals surface area (Å²) in [5.41, 5.74) is 6.03. The van der Waals surface area contributed by atoms with Gasteiger partial charge < -0.3 is 0 Å². The lowest BCUT2D eigenvalue weighted by molar-refractivity contribution is 0.647. The standard InChI is InChI=1S/C21H21N/c1-16(2)13-17-7-6-10-20(14-17)21-15-19(11-12-22-21)18-8-4-3-5-9-18/h3-12,14-16H,13H2,1-2H3. The van der Waals surface area contributed by atoms with Gasteiger partial charge in [0.25, 0.3) is 0 Å². The van der Waals surface area contributed by atoms with Gasteiger partial charge in [-0.1, -0.05) is 62.4 Å². The Kier molecular flexibility index (Phi) is 4.34. The summed E-state index contributed by atoms with van der Waals surface area (Å²) in [7, 11) is 0. The summed E-state index contributed by atoms with van der Waals surface area (Å²) in [6, 6.07) is 23.4. The van der Waals surface area contributed by atoms with Gasteiger partial charge in [-0.25, -0.2) is 0 Å². The maximum atomic E-state index is 4.56. The van der Waals surface area contributed by atoms with Gasteiger partial charge in [-0.05, 0) is 47.2 Å². The normalized spacial score (nSPS) is 10.9. The van der Waals surface area contributed by atoms with Gasteiger partial charge in [0.1, 0.15) is 0 Å². The first-order valence-electron chi connectivity index (χ1n) is 7.83. The Morgan fingerprint density at radius 2 is 1.55 bits per heavy atom. The highest BCUT2D eigenvalue weighted by atomic mass is 14.7. The van der Waals surface area contributed by atoms with Crippen LogP contribution in [0.25, 0.3) is 22.4 Å². The van der Waals surface area contributed by atoms with Crippen molar-refractivity contribution in [1.29, 1.82) is 0 Å². The molecule has 3 rings (SSSR count). The summed E-state index contributed by atoms with van der Waals surface area (Å²) in [5, 5.41) is 0. The van der Waals surface area contributed by atoms with E-state index in [0.29, 0.717) is 5.92 Å². The lowest BCUT2D eigenvalue weighted by Gasteiger charge is -2.09. The Balaban J connectivity index is 1.96. The maximum absolute atomic E-state index is 4.56. The number of aromatic nitrogens is 1. The van der Waals surface area contributed by atoms with Crippen LogP contribution in [0.15, 0.2) is 72.9 Å². The highest BCUT2D eigenvalue weighted by Crippen LogP contribution is 2.25. The predicted octanol–water partition coefficient (Wildman–Crippen LogP) is 5.61. The van der Waals surface area contributed by atoms with E-state index < -0.39 is 0 Å². The van der Waals surface area contributed by atoms with Gasteiger partial charge in [-0.3, -0.25) is 4.98 Å². The molecule has 2 aromatic carbocycles. The van der Waals surface area contributed by atoms with Gasteiger partial charge >= 0.3 is 0 Å². The lowest BCUT2D eigenvalue weighted by atomic mass is 9.98. The van der Waals surface area contributed by atoms with Crippen molar-refractivity contribution < 1.29 is 0 Å². The molecule has 1 heteroatoms. The Labute approximate surface area is 132 Å². The highest BCUT2D eigenvalue weighted by Gasteiger charge is 2.05. The van der Waals surface area contributed by atoms with Gasteiger partial charge in [0, 0.05) is 11.8 Å². The molecule has 0 unspecified atom stereocenters. The van der Waals surface area contributed by atoms with Crippen LogP contribution in [0.1, 0.15) is 19.4 Å². The molecule has 22 heavy (non-hydrogen) atoms. The van der Waals surface area contributed by atoms with E-state index in [4.69, 9.17) is 0 Å². The van der Waals surface area contributed by atoms with Crippen molar-refractivity contribution in [3.63, 3.8) is 0 Å². The molecule has 0 saturated heterocycles. The molecule has 3 aromatic rings. The molecule has 1 heterocycles. The molecule has 110 valence electrons. The van der Waals surface area contributed by atoms with E-state index >= 15 is 0 Å². The fraction of sp³-hybridized carbons (Fsp3) is 0.190. The van der Waals surface area contributed by atoms with E-state index in [-0.39, 0.29) is 0 Å². The van der Waals surface area contributed by atoms with Crippen LogP contribution < -0.4 is 0 Å². The molecule has 0 atom stereocenters. The zero-order valence-electron chi connectivity index (χ0n) is 13.2. The van der Waals surface area contributed by atoms with Crippen LogP contribution in [0.2, 0.25) is 0 Å². The third kappa shape index (κ3) is 3.43. The quantitative estimate of drug-likeness (QED) is 0.607. The number of rotatable bonds is 4. The van der Waals surface area contributed by atoms with E-state index in [1.54, 1.807) is 0 Å². The molecule has 0 aliphatic heterocycles. The molecule has 1 aromatic heterocycles. The van der Waals surface area contributed by atoms with Crippen molar-refractivity contribution >= 4 is 0 Å². The molecule has 1 nitrogen and oxygen atoms in total. The molecule has 0 spiro atoms. The Bertz CT molecular complexity index is 745. The van der Waals surface area contributed by atoms with Crippen LogP contribution >= 0.6 is 0 Å². The van der Waals surface area contributed by atoms with Crippen molar-refractivity contribution in [3.05, 3.63) is 78.5 Å². The van der Waals surface area contributed by atoms with Crippen molar-refractivity contribution in [3.8, 4) is 22.4 Å². The number of pyridine rings is 1. The fourth-order valence-electron chi connectivity index (χ4n) is 2.73. The first-order chi connectivity index (χ1) is 10.7. The van der Waals surface area contributed by atoms with Gasteiger partial charge in [-0.2, -0.15) is 0 Å². The van der Waals surface area contributed by atoms with E-state index in [2.05, 4.69) is 79.5 Å². The monoisotopic (exact) mass is 287 g/mol. The molecular formula is C21H21N. The summed E-state index contributed by atoms with van der Waals surface area (Å²) in [6.45, 7) is 4.50. The molecule has 0 saturated carbocycles. The fourth-order valence-corrected chi connectivity index (χ4v) is 2.73. The minimum absolute atomic E-state index is 0.666. The number of nitrogens with zero attached hydrogens (tertiary/aromatic N) is 1. The summed E-state index contributed by atoms with van der Waals surface area (Å²) < 4.78 is 0. The van der Waals surface area contributed by atoms with Crippen LogP contribution in [0.4, 0.5) is 0 Å². The van der Waals surface area contributed by atoms with Crippen molar-refractivity contribution in [2.75, 3.05) is 0 Å². The second-order valence-electron chi connectivity index (χ2n) is 6.09. The Morgan fingerprint density at radius 1 is 0.773 bits per heavy atom. The topological polar surface area (TPSA) is 12.9 Å². The molecule has 0 aliphatic rings. The van der Waals surface area contributed by atoms with Gasteiger partial charge in [0.05, 0.1) is 5.69 Å². The Hall–Kier alpha value is -2.41. The number of benzene rings is 2. The smallest absolute Gasteiger partial charge is 0.0708 e. The molecule has 0 bridgehead atoms. The second-order valence-corrected chi connectivity index (χ2v) is 6.09. The molecule has 0 radical (unpaired) electrons. The summed E-state index contributed by atoms with van der Waals surface area (Å²) >= 11 is 0. The minimum Gasteiger partial charge on any atom is -0.256 e. The van der Waals surface area contributed by atoms with E-state index in [9.17, 15) is 0 Å². The van der Waals surface area contributed by atoms with Crippen molar-refractivity contribution in [2.24, 2.45) is 5.92 Å². The lowest BCUT2D eigenvalue weighted by Crippen LogP contribution is -1.94. The third-order valence-electron chi connectivity index (χ3n) is 3.73. The van der Waals surface area contributed by atoms with Crippen molar-refractivity contribution in [2.45, 2.75) is 20.3 Å². The average Bonchev–Trinajstić information content (AvgIpc) is 2.55. The van der Waals surface area contributed by atoms with Crippen LogP contribution in [0.3, 0.4) is 0 Å². The predicted molar refractivity (Wildman–Crippen MR) is 93.7 cm³/mol. The van der Waals surface area contributed by atoms with E-state index in [1.807, 2.05) is 12.3 Å². The zero-order chi connectivity index (χ0) is 15.4. The summed E-state index contributed by atoms with van der Waals surface area (Å²) in [5.74, 6) is 0.666. The highest BCUT2D eigenvalue weighted by molar-refractivity contribution is 5.70. The number of hydrogen-bond acceptors (Lipinski definition) is 1. The molecule has 0 aliphatic carbocycles. The van der Waals surface area contributed by atoms with E-state index in [0.717, 1.165) is 12.1 Å². The maximum Gasteiger partial charge on any atom is 0.0708 e. The molecular weight excluding hydrogens is 266 g/mol. The first kappa shape index (κ1) is 14.5. The first-order valence-corrected chi connectivity index (χ1v) is 7.83. The Morgan fingerprint density at radius 3 is 2.32 bits per heavy atom. The second kappa shape index (κ2) is 6.57. The SMILES string of the molecule is CC(C)Cc1cccc(-c2cc(-c3ccccc3)ccn2)c1.